The number of nitrogens with zero attached hydrogens (tertiary/aromatic N) is 1. The fourth-order valence-electron chi connectivity index (χ4n) is 6.64. The highest BCUT2D eigenvalue weighted by molar-refractivity contribution is 9.10. The molecule has 0 radical (unpaired) electrons. The van der Waals surface area contributed by atoms with Crippen LogP contribution in [0.4, 0.5) is 0 Å². The van der Waals surface area contributed by atoms with Crippen molar-refractivity contribution in [3.63, 3.8) is 0 Å². The molecule has 1 amide bonds. The molecule has 2 unspecified atom stereocenters. The van der Waals surface area contributed by atoms with Crippen molar-refractivity contribution in [3.8, 4) is 0 Å². The molecule has 4 aliphatic carbocycles. The standard InChI is InChI=1S/C23H33BrN2O3S/c1-3-26(4-2)30(28,29)20-7-5-17(6-8-20)15-25-21(27)14-22-10-18-9-19(11-22)13-23(24,12-18)16-22/h5-8,18-19H,3-4,9-16H2,1-2H3,(H,25,27). The molecule has 30 heavy (non-hydrogen) atoms. The van der Waals surface area contributed by atoms with Crippen LogP contribution in [0.5, 0.6) is 0 Å². The summed E-state index contributed by atoms with van der Waals surface area (Å²) in [4.78, 5) is 13.1. The molecule has 4 bridgehead atoms. The number of carbonyl (C=O) groups excluding carboxylic acids is 1. The van der Waals surface area contributed by atoms with Gasteiger partial charge in [-0.25, -0.2) is 8.42 Å². The first kappa shape index (κ1) is 22.3. The van der Waals surface area contributed by atoms with Crippen LogP contribution in [0.3, 0.4) is 0 Å². The lowest BCUT2D eigenvalue weighted by molar-refractivity contribution is -0.128. The van der Waals surface area contributed by atoms with Gasteiger partial charge in [0.15, 0.2) is 0 Å². The van der Waals surface area contributed by atoms with Gasteiger partial charge in [0.2, 0.25) is 15.9 Å². The van der Waals surface area contributed by atoms with Crippen LogP contribution >= 0.6 is 15.9 Å². The van der Waals surface area contributed by atoms with Crippen LogP contribution in [-0.4, -0.2) is 36.0 Å². The van der Waals surface area contributed by atoms with Gasteiger partial charge in [-0.3, -0.25) is 4.79 Å². The molecule has 1 aromatic carbocycles. The summed E-state index contributed by atoms with van der Waals surface area (Å²) in [6.45, 7) is 5.02. The van der Waals surface area contributed by atoms with Crippen molar-refractivity contribution in [1.29, 1.82) is 0 Å². The molecule has 0 saturated heterocycles. The number of carbonyl (C=O) groups is 1. The number of hydrogen-bond donors (Lipinski definition) is 1. The zero-order chi connectivity index (χ0) is 21.6. The van der Waals surface area contributed by atoms with Gasteiger partial charge >= 0.3 is 0 Å². The predicted octanol–water partition coefficient (Wildman–Crippen LogP) is 4.46. The number of hydrogen-bond acceptors (Lipinski definition) is 3. The Hall–Kier alpha value is -0.920. The van der Waals surface area contributed by atoms with Crippen LogP contribution < -0.4 is 5.32 Å². The Morgan fingerprint density at radius 1 is 1.10 bits per heavy atom. The first-order valence-electron chi connectivity index (χ1n) is 11.2. The summed E-state index contributed by atoms with van der Waals surface area (Å²) in [5, 5.41) is 3.08. The first-order chi connectivity index (χ1) is 14.2. The van der Waals surface area contributed by atoms with Gasteiger partial charge in [0.1, 0.15) is 0 Å². The van der Waals surface area contributed by atoms with Gasteiger partial charge in [-0.1, -0.05) is 41.9 Å². The zero-order valence-electron chi connectivity index (χ0n) is 18.0. The third-order valence-electron chi connectivity index (χ3n) is 7.40. The third kappa shape index (κ3) is 4.35. The van der Waals surface area contributed by atoms with Crippen LogP contribution in [0.15, 0.2) is 29.2 Å². The van der Waals surface area contributed by atoms with Gasteiger partial charge < -0.3 is 5.32 Å². The predicted molar refractivity (Wildman–Crippen MR) is 122 cm³/mol. The van der Waals surface area contributed by atoms with E-state index in [1.807, 2.05) is 13.8 Å². The van der Waals surface area contributed by atoms with Crippen LogP contribution in [-0.2, 0) is 21.4 Å². The molecule has 2 atom stereocenters. The molecule has 4 fully saturated rings. The molecule has 5 nitrogen and oxygen atoms in total. The molecule has 166 valence electrons. The fraction of sp³-hybridized carbons (Fsp3) is 0.696. The summed E-state index contributed by atoms with van der Waals surface area (Å²) in [6.07, 6.45) is 8.02. The topological polar surface area (TPSA) is 66.5 Å². The van der Waals surface area contributed by atoms with E-state index < -0.39 is 10.0 Å². The molecule has 7 heteroatoms. The normalized spacial score (nSPS) is 32.5. The smallest absolute Gasteiger partial charge is 0.243 e. The Labute approximate surface area is 189 Å². The van der Waals surface area contributed by atoms with Crippen molar-refractivity contribution in [2.75, 3.05) is 13.1 Å². The summed E-state index contributed by atoms with van der Waals surface area (Å²) in [6, 6.07) is 6.88. The SMILES string of the molecule is CCN(CC)S(=O)(=O)c1ccc(CNC(=O)CC23CC4CC(CC(Br)(C4)C2)C3)cc1. The second kappa shape index (κ2) is 8.21. The van der Waals surface area contributed by atoms with E-state index in [4.69, 9.17) is 0 Å². The molecule has 0 spiro atoms. The van der Waals surface area contributed by atoms with E-state index in [1.54, 1.807) is 24.3 Å². The van der Waals surface area contributed by atoms with Crippen molar-refractivity contribution in [2.45, 2.75) is 74.6 Å². The number of alkyl halides is 1. The molecule has 0 heterocycles. The van der Waals surface area contributed by atoms with E-state index >= 15 is 0 Å². The van der Waals surface area contributed by atoms with Crippen LogP contribution in [0.25, 0.3) is 0 Å². The van der Waals surface area contributed by atoms with Crippen LogP contribution in [0.2, 0.25) is 0 Å². The molecule has 5 rings (SSSR count). The first-order valence-corrected chi connectivity index (χ1v) is 13.4. The molecule has 1 aromatic rings. The van der Waals surface area contributed by atoms with Crippen molar-refractivity contribution >= 4 is 31.9 Å². The minimum absolute atomic E-state index is 0.118. The largest absolute Gasteiger partial charge is 0.352 e. The Bertz CT molecular complexity index is 882. The zero-order valence-corrected chi connectivity index (χ0v) is 20.4. The number of amides is 1. The quantitative estimate of drug-likeness (QED) is 0.540. The van der Waals surface area contributed by atoms with Crippen molar-refractivity contribution in [2.24, 2.45) is 17.3 Å². The Balaban J connectivity index is 1.35. The molecule has 4 aliphatic rings. The number of benzene rings is 1. The lowest BCUT2D eigenvalue weighted by Gasteiger charge is -2.60. The van der Waals surface area contributed by atoms with Gasteiger partial charge in [-0.15, -0.1) is 0 Å². The van der Waals surface area contributed by atoms with Crippen molar-refractivity contribution in [3.05, 3.63) is 29.8 Å². The minimum atomic E-state index is -3.44. The maximum atomic E-state index is 12.8. The van der Waals surface area contributed by atoms with E-state index in [0.29, 0.717) is 31.0 Å². The van der Waals surface area contributed by atoms with Crippen LogP contribution in [0, 0.1) is 17.3 Å². The summed E-state index contributed by atoms with van der Waals surface area (Å²) >= 11 is 4.02. The summed E-state index contributed by atoms with van der Waals surface area (Å²) in [5.74, 6) is 1.67. The van der Waals surface area contributed by atoms with E-state index in [-0.39, 0.29) is 15.6 Å². The molecular weight excluding hydrogens is 464 g/mol. The highest BCUT2D eigenvalue weighted by atomic mass is 79.9. The van der Waals surface area contributed by atoms with Gasteiger partial charge in [0.05, 0.1) is 4.90 Å². The van der Waals surface area contributed by atoms with E-state index in [0.717, 1.165) is 23.8 Å². The van der Waals surface area contributed by atoms with E-state index in [2.05, 4.69) is 21.2 Å². The fourth-order valence-corrected chi connectivity index (χ4v) is 9.61. The van der Waals surface area contributed by atoms with E-state index in [9.17, 15) is 13.2 Å². The Morgan fingerprint density at radius 2 is 1.70 bits per heavy atom. The summed E-state index contributed by atoms with van der Waals surface area (Å²) < 4.78 is 26.9. The lowest BCUT2D eigenvalue weighted by Crippen LogP contribution is -2.54. The number of rotatable bonds is 8. The lowest BCUT2D eigenvalue weighted by atomic mass is 9.48. The van der Waals surface area contributed by atoms with Gasteiger partial charge in [0, 0.05) is 30.4 Å². The summed E-state index contributed by atoms with van der Waals surface area (Å²) in [7, 11) is -3.44. The molecule has 0 aromatic heterocycles. The Morgan fingerprint density at radius 3 is 2.23 bits per heavy atom. The highest BCUT2D eigenvalue weighted by Crippen LogP contribution is 2.65. The number of halogens is 1. The molecule has 4 saturated carbocycles. The second-order valence-electron chi connectivity index (χ2n) is 9.80. The minimum Gasteiger partial charge on any atom is -0.352 e. The van der Waals surface area contributed by atoms with Gasteiger partial charge in [-0.2, -0.15) is 4.31 Å². The van der Waals surface area contributed by atoms with Crippen LogP contribution in [0.1, 0.15) is 64.4 Å². The summed E-state index contributed by atoms with van der Waals surface area (Å²) in [5.41, 5.74) is 1.09. The monoisotopic (exact) mass is 496 g/mol. The Kier molecular flexibility index (Phi) is 6.10. The number of sulfonamides is 1. The van der Waals surface area contributed by atoms with Crippen molar-refractivity contribution in [1.82, 2.24) is 9.62 Å². The van der Waals surface area contributed by atoms with Crippen molar-refractivity contribution < 1.29 is 13.2 Å². The molecule has 1 N–H and O–H groups in total. The average Bonchev–Trinajstić information content (AvgIpc) is 2.65. The van der Waals surface area contributed by atoms with Gasteiger partial charge in [0.25, 0.3) is 0 Å². The maximum Gasteiger partial charge on any atom is 0.243 e. The average molecular weight is 497 g/mol. The maximum absolute atomic E-state index is 12.8. The third-order valence-corrected chi connectivity index (χ3v) is 10.4. The second-order valence-corrected chi connectivity index (χ2v) is 13.4. The van der Waals surface area contributed by atoms with Gasteiger partial charge in [-0.05, 0) is 73.5 Å². The number of nitrogens with one attached hydrogen (secondary N) is 1. The molecular formula is C23H33BrN2O3S. The molecule has 0 aliphatic heterocycles. The highest BCUT2D eigenvalue weighted by Gasteiger charge is 2.57. The van der Waals surface area contributed by atoms with E-state index in [1.165, 1.54) is 36.4 Å².